The largest absolute Gasteiger partial charge is 0.335 e. The average molecular weight is 386 g/mol. The summed E-state index contributed by atoms with van der Waals surface area (Å²) in [5.74, 6) is -1.06. The average Bonchev–Trinajstić information content (AvgIpc) is 3.44. The number of anilines is 1. The fraction of sp³-hybridized carbons (Fsp3) is 0.500. The summed E-state index contributed by atoms with van der Waals surface area (Å²) in [6.07, 6.45) is 1.78. The number of para-hydroxylation sites is 1. The fourth-order valence-electron chi connectivity index (χ4n) is 3.55. The molecule has 1 aromatic carbocycles. The van der Waals surface area contributed by atoms with Crippen LogP contribution in [0.1, 0.15) is 30.9 Å². The van der Waals surface area contributed by atoms with Crippen molar-refractivity contribution in [2.75, 3.05) is 25.5 Å². The summed E-state index contributed by atoms with van der Waals surface area (Å²) in [5.41, 5.74) is 1.67. The van der Waals surface area contributed by atoms with Crippen molar-refractivity contribution >= 4 is 29.4 Å². The van der Waals surface area contributed by atoms with Crippen molar-refractivity contribution < 1.29 is 19.2 Å². The van der Waals surface area contributed by atoms with Crippen LogP contribution >= 0.6 is 0 Å². The number of imide groups is 1. The van der Waals surface area contributed by atoms with Gasteiger partial charge in [0.05, 0.1) is 6.54 Å². The normalized spacial score (nSPS) is 21.5. The van der Waals surface area contributed by atoms with E-state index >= 15 is 0 Å². The lowest BCUT2D eigenvalue weighted by molar-refractivity contribution is -0.139. The first-order valence-electron chi connectivity index (χ1n) is 9.37. The minimum atomic E-state index is -0.921. The molecule has 1 aliphatic heterocycles. The number of nitrogens with zero attached hydrogens (tertiary/aromatic N) is 2. The lowest BCUT2D eigenvalue weighted by atomic mass is 9.96. The van der Waals surface area contributed by atoms with Gasteiger partial charge in [-0.05, 0) is 50.7 Å². The summed E-state index contributed by atoms with van der Waals surface area (Å²) in [7, 11) is 1.48. The molecule has 1 aliphatic carbocycles. The molecule has 2 N–H and O–H groups in total. The first kappa shape index (κ1) is 19.9. The number of benzene rings is 1. The Balaban J connectivity index is 1.58. The van der Waals surface area contributed by atoms with Crippen LogP contribution in [0.4, 0.5) is 10.5 Å². The summed E-state index contributed by atoms with van der Waals surface area (Å²) in [6, 6.07) is 5.14. The van der Waals surface area contributed by atoms with Crippen LogP contribution in [-0.4, -0.2) is 59.2 Å². The van der Waals surface area contributed by atoms with Gasteiger partial charge >= 0.3 is 6.03 Å². The molecule has 0 spiro atoms. The van der Waals surface area contributed by atoms with E-state index in [2.05, 4.69) is 10.6 Å². The van der Waals surface area contributed by atoms with Gasteiger partial charge in [-0.2, -0.15) is 0 Å². The molecule has 8 heteroatoms. The van der Waals surface area contributed by atoms with E-state index in [0.717, 1.165) is 34.6 Å². The Labute approximate surface area is 164 Å². The minimum Gasteiger partial charge on any atom is -0.335 e. The molecule has 1 saturated heterocycles. The zero-order valence-electron chi connectivity index (χ0n) is 16.7. The molecule has 5 amide bonds. The maximum atomic E-state index is 12.6. The Morgan fingerprint density at radius 3 is 2.43 bits per heavy atom. The molecule has 2 aliphatic rings. The zero-order valence-corrected chi connectivity index (χ0v) is 16.7. The monoisotopic (exact) mass is 386 g/mol. The topological polar surface area (TPSA) is 98.8 Å². The molecule has 150 valence electrons. The molecule has 0 radical (unpaired) electrons. The van der Waals surface area contributed by atoms with Crippen LogP contribution in [0.15, 0.2) is 18.2 Å². The number of carbonyl (C=O) groups is 4. The molecule has 1 atom stereocenters. The second kappa shape index (κ2) is 7.26. The van der Waals surface area contributed by atoms with E-state index in [1.165, 1.54) is 11.9 Å². The van der Waals surface area contributed by atoms with Gasteiger partial charge in [0, 0.05) is 12.7 Å². The van der Waals surface area contributed by atoms with Gasteiger partial charge in [-0.3, -0.25) is 19.3 Å². The zero-order chi connectivity index (χ0) is 20.6. The highest BCUT2D eigenvalue weighted by Gasteiger charge is 2.56. The molecule has 1 saturated carbocycles. The van der Waals surface area contributed by atoms with Crippen molar-refractivity contribution in [3.63, 3.8) is 0 Å². The highest BCUT2D eigenvalue weighted by molar-refractivity contribution is 6.09. The third-order valence-electron chi connectivity index (χ3n) is 5.54. The Kier molecular flexibility index (Phi) is 5.14. The van der Waals surface area contributed by atoms with Crippen molar-refractivity contribution in [2.24, 2.45) is 5.92 Å². The summed E-state index contributed by atoms with van der Waals surface area (Å²) < 4.78 is 0. The first-order chi connectivity index (χ1) is 13.1. The van der Waals surface area contributed by atoms with Crippen LogP contribution in [0.5, 0.6) is 0 Å². The van der Waals surface area contributed by atoms with Crippen LogP contribution in [0.3, 0.4) is 0 Å². The molecule has 8 nitrogen and oxygen atoms in total. The molecule has 1 aromatic rings. The summed E-state index contributed by atoms with van der Waals surface area (Å²) in [6.45, 7) is 4.95. The van der Waals surface area contributed by atoms with Gasteiger partial charge in [0.25, 0.3) is 5.91 Å². The van der Waals surface area contributed by atoms with E-state index in [9.17, 15) is 19.2 Å². The van der Waals surface area contributed by atoms with Crippen molar-refractivity contribution in [1.82, 2.24) is 15.1 Å². The first-order valence-corrected chi connectivity index (χ1v) is 9.37. The third kappa shape index (κ3) is 3.72. The molecule has 0 bridgehead atoms. The Morgan fingerprint density at radius 1 is 1.25 bits per heavy atom. The van der Waals surface area contributed by atoms with Gasteiger partial charge in [-0.15, -0.1) is 0 Å². The second-order valence-corrected chi connectivity index (χ2v) is 7.86. The van der Waals surface area contributed by atoms with E-state index in [4.69, 9.17) is 0 Å². The number of carbonyl (C=O) groups excluding carboxylic acids is 4. The van der Waals surface area contributed by atoms with Gasteiger partial charge in [0.15, 0.2) is 0 Å². The lowest BCUT2D eigenvalue weighted by Gasteiger charge is -2.22. The van der Waals surface area contributed by atoms with Gasteiger partial charge < -0.3 is 15.5 Å². The number of urea groups is 1. The Morgan fingerprint density at radius 2 is 1.86 bits per heavy atom. The molecule has 0 aromatic heterocycles. The molecule has 1 heterocycles. The Hall–Kier alpha value is -2.90. The molecule has 0 unspecified atom stereocenters. The summed E-state index contributed by atoms with van der Waals surface area (Å²) in [5, 5.41) is 5.53. The molecule has 3 rings (SSSR count). The highest BCUT2D eigenvalue weighted by atomic mass is 16.2. The van der Waals surface area contributed by atoms with E-state index in [0.29, 0.717) is 0 Å². The van der Waals surface area contributed by atoms with E-state index in [1.807, 2.05) is 32.0 Å². The van der Waals surface area contributed by atoms with Crippen molar-refractivity contribution in [2.45, 2.75) is 39.2 Å². The van der Waals surface area contributed by atoms with Gasteiger partial charge in [-0.1, -0.05) is 18.2 Å². The number of amides is 5. The van der Waals surface area contributed by atoms with Gasteiger partial charge in [0.1, 0.15) is 12.1 Å². The third-order valence-corrected chi connectivity index (χ3v) is 5.54. The van der Waals surface area contributed by atoms with Crippen LogP contribution in [0.2, 0.25) is 0 Å². The fourth-order valence-corrected chi connectivity index (χ4v) is 3.55. The number of hydrogen-bond donors (Lipinski definition) is 2. The van der Waals surface area contributed by atoms with E-state index in [1.54, 1.807) is 6.92 Å². The number of rotatable bonds is 6. The number of aryl methyl sites for hydroxylation is 2. The predicted octanol–water partition coefficient (Wildman–Crippen LogP) is 1.42. The molecular weight excluding hydrogens is 360 g/mol. The summed E-state index contributed by atoms with van der Waals surface area (Å²) >= 11 is 0. The van der Waals surface area contributed by atoms with E-state index in [-0.39, 0.29) is 30.8 Å². The lowest BCUT2D eigenvalue weighted by Crippen LogP contribution is -2.47. The smallest absolute Gasteiger partial charge is 0.325 e. The number of nitrogens with one attached hydrogen (secondary N) is 2. The molecule has 2 fully saturated rings. The predicted molar refractivity (Wildman–Crippen MR) is 104 cm³/mol. The molecule has 28 heavy (non-hydrogen) atoms. The standard InChI is InChI=1S/C20H26N4O4/c1-12-6-5-7-13(2)17(12)21-15(25)10-23(4)16(26)11-24-18(27)20(3,14-8-9-14)22-19(24)28/h5-7,14H,8-11H2,1-4H3,(H,21,25)(H,22,28)/t20-/m1/s1. The van der Waals surface area contributed by atoms with Gasteiger partial charge in [-0.25, -0.2) is 4.79 Å². The maximum Gasteiger partial charge on any atom is 0.325 e. The SMILES string of the molecule is Cc1cccc(C)c1NC(=O)CN(C)C(=O)CN1C(=O)N[C@](C)(C2CC2)C1=O. The number of likely N-dealkylation sites (N-methyl/N-ethyl adjacent to an activating group) is 1. The molecular formula is C20H26N4O4. The minimum absolute atomic E-state index is 0.130. The van der Waals surface area contributed by atoms with Gasteiger partial charge in [0.2, 0.25) is 11.8 Å². The van der Waals surface area contributed by atoms with Crippen LogP contribution in [0.25, 0.3) is 0 Å². The van der Waals surface area contributed by atoms with Crippen LogP contribution in [0, 0.1) is 19.8 Å². The maximum absolute atomic E-state index is 12.6. The highest BCUT2D eigenvalue weighted by Crippen LogP contribution is 2.42. The Bertz CT molecular complexity index is 828. The van der Waals surface area contributed by atoms with Crippen molar-refractivity contribution in [3.8, 4) is 0 Å². The van der Waals surface area contributed by atoms with Crippen LogP contribution in [-0.2, 0) is 14.4 Å². The quantitative estimate of drug-likeness (QED) is 0.723. The summed E-state index contributed by atoms with van der Waals surface area (Å²) in [4.78, 5) is 51.8. The second-order valence-electron chi connectivity index (χ2n) is 7.86. The van der Waals surface area contributed by atoms with Crippen molar-refractivity contribution in [3.05, 3.63) is 29.3 Å². The van der Waals surface area contributed by atoms with Crippen LogP contribution < -0.4 is 10.6 Å². The van der Waals surface area contributed by atoms with E-state index < -0.39 is 17.5 Å². The van der Waals surface area contributed by atoms with Crippen molar-refractivity contribution in [1.29, 1.82) is 0 Å². The number of hydrogen-bond acceptors (Lipinski definition) is 4.